The highest BCUT2D eigenvalue weighted by Gasteiger charge is 2.14. The summed E-state index contributed by atoms with van der Waals surface area (Å²) in [6.45, 7) is 7.03. The van der Waals surface area contributed by atoms with E-state index < -0.39 is 0 Å². The largest absolute Gasteiger partial charge is 0.379 e. The van der Waals surface area contributed by atoms with Gasteiger partial charge < -0.3 is 15.4 Å². The summed E-state index contributed by atoms with van der Waals surface area (Å²) in [4.78, 5) is 14.6. The number of morpholine rings is 1. The summed E-state index contributed by atoms with van der Waals surface area (Å²) in [5.74, 6) is 0.842. The van der Waals surface area contributed by atoms with Crippen LogP contribution in [0.15, 0.2) is 24.3 Å². The van der Waals surface area contributed by atoms with Gasteiger partial charge in [0.15, 0.2) is 0 Å². The minimum Gasteiger partial charge on any atom is -0.379 e. The Morgan fingerprint density at radius 3 is 2.44 bits per heavy atom. The van der Waals surface area contributed by atoms with Crippen LogP contribution >= 0.6 is 24.8 Å². The van der Waals surface area contributed by atoms with Crippen molar-refractivity contribution in [2.24, 2.45) is 5.92 Å². The second-order valence-corrected chi connectivity index (χ2v) is 7.18. The highest BCUT2D eigenvalue weighted by molar-refractivity contribution is 5.90. The van der Waals surface area contributed by atoms with Crippen molar-refractivity contribution in [3.05, 3.63) is 29.8 Å². The molecule has 0 spiro atoms. The molecule has 0 bridgehead atoms. The molecule has 2 aliphatic rings. The Hall–Kier alpha value is -0.850. The monoisotopic (exact) mass is 417 g/mol. The van der Waals surface area contributed by atoms with Crippen LogP contribution in [0.4, 0.5) is 5.69 Å². The molecule has 27 heavy (non-hydrogen) atoms. The summed E-state index contributed by atoms with van der Waals surface area (Å²) in [5, 5.41) is 6.40. The lowest BCUT2D eigenvalue weighted by Gasteiger charge is -2.26. The SMILES string of the molecule is Cl.Cl.O=C(CCC1CCNCC1)Nc1ccc(CCN2CCOCC2)cc1. The van der Waals surface area contributed by atoms with Crippen LogP contribution in [-0.2, 0) is 16.0 Å². The predicted octanol–water partition coefficient (Wildman–Crippen LogP) is 3.12. The van der Waals surface area contributed by atoms with Crippen LogP contribution in [-0.4, -0.2) is 56.7 Å². The average molecular weight is 418 g/mol. The maximum atomic E-state index is 12.1. The van der Waals surface area contributed by atoms with Crippen LogP contribution < -0.4 is 10.6 Å². The van der Waals surface area contributed by atoms with E-state index in [9.17, 15) is 4.79 Å². The number of carbonyl (C=O) groups is 1. The van der Waals surface area contributed by atoms with Crippen LogP contribution in [0.5, 0.6) is 0 Å². The predicted molar refractivity (Wildman–Crippen MR) is 115 cm³/mol. The summed E-state index contributed by atoms with van der Waals surface area (Å²) >= 11 is 0. The Labute approximate surface area is 175 Å². The summed E-state index contributed by atoms with van der Waals surface area (Å²) < 4.78 is 5.38. The van der Waals surface area contributed by atoms with E-state index in [0.29, 0.717) is 12.3 Å². The van der Waals surface area contributed by atoms with E-state index in [-0.39, 0.29) is 30.7 Å². The molecule has 0 radical (unpaired) electrons. The molecule has 0 saturated carbocycles. The molecule has 0 atom stereocenters. The molecular weight excluding hydrogens is 385 g/mol. The standard InChI is InChI=1S/C20H31N3O2.2ClH/c24-20(6-3-18-7-10-21-11-8-18)22-19-4-1-17(2-5-19)9-12-23-13-15-25-16-14-23;;/h1-2,4-5,18,21H,3,6-16H2,(H,22,24);2*1H. The summed E-state index contributed by atoms with van der Waals surface area (Å²) in [6.07, 6.45) is 5.08. The Balaban J connectivity index is 0.00000182. The second-order valence-electron chi connectivity index (χ2n) is 7.18. The van der Waals surface area contributed by atoms with Crippen LogP contribution in [0.25, 0.3) is 0 Å². The number of amides is 1. The fourth-order valence-electron chi connectivity index (χ4n) is 3.60. The zero-order chi connectivity index (χ0) is 17.3. The van der Waals surface area contributed by atoms with Crippen molar-refractivity contribution < 1.29 is 9.53 Å². The highest BCUT2D eigenvalue weighted by Crippen LogP contribution is 2.18. The van der Waals surface area contributed by atoms with E-state index in [2.05, 4.69) is 27.7 Å². The lowest BCUT2D eigenvalue weighted by molar-refractivity contribution is -0.116. The lowest BCUT2D eigenvalue weighted by atomic mass is 9.93. The lowest BCUT2D eigenvalue weighted by Crippen LogP contribution is -2.37. The first kappa shape index (κ1) is 24.2. The molecule has 0 aromatic heterocycles. The fraction of sp³-hybridized carbons (Fsp3) is 0.650. The van der Waals surface area contributed by atoms with Gasteiger partial charge in [0.25, 0.3) is 0 Å². The number of rotatable bonds is 7. The highest BCUT2D eigenvalue weighted by atomic mass is 35.5. The molecule has 154 valence electrons. The van der Waals surface area contributed by atoms with Crippen LogP contribution in [0.1, 0.15) is 31.2 Å². The zero-order valence-corrected chi connectivity index (χ0v) is 17.6. The van der Waals surface area contributed by atoms with Gasteiger partial charge in [-0.25, -0.2) is 0 Å². The molecular formula is C20H33Cl2N3O2. The van der Waals surface area contributed by atoms with Gasteiger partial charge in [0.05, 0.1) is 13.2 Å². The van der Waals surface area contributed by atoms with Gasteiger partial charge in [0.2, 0.25) is 5.91 Å². The van der Waals surface area contributed by atoms with Crippen molar-refractivity contribution in [1.29, 1.82) is 0 Å². The van der Waals surface area contributed by atoms with Crippen LogP contribution in [0, 0.1) is 5.92 Å². The minimum atomic E-state index is 0. The number of piperidine rings is 1. The normalized spacial score (nSPS) is 18.2. The first-order valence-corrected chi connectivity index (χ1v) is 9.69. The maximum absolute atomic E-state index is 12.1. The molecule has 7 heteroatoms. The minimum absolute atomic E-state index is 0. The van der Waals surface area contributed by atoms with Gasteiger partial charge in [-0.1, -0.05) is 12.1 Å². The Morgan fingerprint density at radius 2 is 1.78 bits per heavy atom. The number of hydrogen-bond acceptors (Lipinski definition) is 4. The molecule has 0 aliphatic carbocycles. The van der Waals surface area contributed by atoms with Crippen molar-refractivity contribution >= 4 is 36.4 Å². The number of halogens is 2. The van der Waals surface area contributed by atoms with Crippen molar-refractivity contribution in [3.63, 3.8) is 0 Å². The van der Waals surface area contributed by atoms with Crippen molar-refractivity contribution in [3.8, 4) is 0 Å². The van der Waals surface area contributed by atoms with Crippen molar-refractivity contribution in [1.82, 2.24) is 10.2 Å². The molecule has 2 heterocycles. The van der Waals surface area contributed by atoms with E-state index in [0.717, 1.165) is 64.5 Å². The van der Waals surface area contributed by atoms with E-state index in [4.69, 9.17) is 4.74 Å². The fourth-order valence-corrected chi connectivity index (χ4v) is 3.60. The van der Waals surface area contributed by atoms with E-state index in [1.54, 1.807) is 0 Å². The molecule has 0 unspecified atom stereocenters. The van der Waals surface area contributed by atoms with E-state index in [1.807, 2.05) is 12.1 Å². The second kappa shape index (κ2) is 13.3. The quantitative estimate of drug-likeness (QED) is 0.715. The molecule has 1 aromatic carbocycles. The zero-order valence-electron chi connectivity index (χ0n) is 16.0. The smallest absolute Gasteiger partial charge is 0.224 e. The Bertz CT molecular complexity index is 531. The van der Waals surface area contributed by atoms with Gasteiger partial charge in [-0.15, -0.1) is 24.8 Å². The number of ether oxygens (including phenoxy) is 1. The number of benzene rings is 1. The number of nitrogens with zero attached hydrogens (tertiary/aromatic N) is 1. The van der Waals surface area contributed by atoms with E-state index >= 15 is 0 Å². The third kappa shape index (κ3) is 8.79. The van der Waals surface area contributed by atoms with Gasteiger partial charge in [0, 0.05) is 31.7 Å². The molecule has 2 fully saturated rings. The van der Waals surface area contributed by atoms with Gasteiger partial charge in [-0.05, 0) is 62.4 Å². The van der Waals surface area contributed by atoms with Crippen molar-refractivity contribution in [2.75, 3.05) is 51.3 Å². The molecule has 1 aromatic rings. The number of carbonyl (C=O) groups excluding carboxylic acids is 1. The Morgan fingerprint density at radius 1 is 1.11 bits per heavy atom. The van der Waals surface area contributed by atoms with Gasteiger partial charge in [0.1, 0.15) is 0 Å². The molecule has 2 N–H and O–H groups in total. The molecule has 2 saturated heterocycles. The third-order valence-electron chi connectivity index (χ3n) is 5.30. The average Bonchev–Trinajstić information content (AvgIpc) is 2.67. The van der Waals surface area contributed by atoms with Gasteiger partial charge in [-0.2, -0.15) is 0 Å². The first-order valence-electron chi connectivity index (χ1n) is 9.69. The van der Waals surface area contributed by atoms with Crippen molar-refractivity contribution in [2.45, 2.75) is 32.1 Å². The Kier molecular flexibility index (Phi) is 12.0. The van der Waals surface area contributed by atoms with Crippen LogP contribution in [0.2, 0.25) is 0 Å². The van der Waals surface area contributed by atoms with Gasteiger partial charge >= 0.3 is 0 Å². The number of nitrogens with one attached hydrogen (secondary N) is 2. The topological polar surface area (TPSA) is 53.6 Å². The summed E-state index contributed by atoms with van der Waals surface area (Å²) in [6, 6.07) is 8.31. The third-order valence-corrected chi connectivity index (χ3v) is 5.30. The molecule has 5 nitrogen and oxygen atoms in total. The molecule has 2 aliphatic heterocycles. The summed E-state index contributed by atoms with van der Waals surface area (Å²) in [5.41, 5.74) is 2.23. The first-order chi connectivity index (χ1) is 12.3. The molecule has 3 rings (SSSR count). The van der Waals surface area contributed by atoms with Gasteiger partial charge in [-0.3, -0.25) is 9.69 Å². The summed E-state index contributed by atoms with van der Waals surface area (Å²) in [7, 11) is 0. The maximum Gasteiger partial charge on any atom is 0.224 e. The molecule has 1 amide bonds. The van der Waals surface area contributed by atoms with E-state index in [1.165, 1.54) is 18.4 Å². The van der Waals surface area contributed by atoms with Crippen LogP contribution in [0.3, 0.4) is 0 Å². The number of anilines is 1. The number of hydrogen-bond donors (Lipinski definition) is 2.